The topological polar surface area (TPSA) is 136 Å². The number of benzene rings is 2. The van der Waals surface area contributed by atoms with Gasteiger partial charge in [-0.1, -0.05) is 12.1 Å². The molecule has 0 radical (unpaired) electrons. The number of likely N-dealkylation sites (tertiary alicyclic amines) is 1. The van der Waals surface area contributed by atoms with Crippen LogP contribution in [0.1, 0.15) is 52.5 Å². The predicted molar refractivity (Wildman–Crippen MR) is 181 cm³/mol. The summed E-state index contributed by atoms with van der Waals surface area (Å²) in [5, 5.41) is 3.86. The number of aryl methyl sites for hydroxylation is 1. The Labute approximate surface area is 283 Å². The maximum Gasteiger partial charge on any atom is 0.410 e. The van der Waals surface area contributed by atoms with Crippen LogP contribution in [0, 0.1) is 12.7 Å². The number of piperidine rings is 1. The maximum atomic E-state index is 15.0. The number of carbonyl (C=O) groups is 1. The van der Waals surface area contributed by atoms with Crippen LogP contribution in [0.25, 0.3) is 22.0 Å². The van der Waals surface area contributed by atoms with Crippen molar-refractivity contribution in [1.29, 1.82) is 0 Å². The van der Waals surface area contributed by atoms with E-state index in [0.717, 1.165) is 18.9 Å². The van der Waals surface area contributed by atoms with E-state index >= 15 is 4.39 Å². The summed E-state index contributed by atoms with van der Waals surface area (Å²) >= 11 is 0. The van der Waals surface area contributed by atoms with Gasteiger partial charge in [-0.25, -0.2) is 41.3 Å². The van der Waals surface area contributed by atoms with Crippen molar-refractivity contribution in [2.75, 3.05) is 28.9 Å². The quantitative estimate of drug-likeness (QED) is 0.172. The van der Waals surface area contributed by atoms with Gasteiger partial charge in [0.25, 0.3) is 0 Å². The fourth-order valence-electron chi connectivity index (χ4n) is 5.33. The van der Waals surface area contributed by atoms with Gasteiger partial charge < -0.3 is 19.7 Å². The second kappa shape index (κ2) is 14.1. The number of carbonyl (C=O) groups excluding carboxylic acids is 1. The first-order chi connectivity index (χ1) is 23.0. The van der Waals surface area contributed by atoms with Crippen LogP contribution < -0.4 is 14.8 Å². The Bertz CT molecular complexity index is 1950. The third kappa shape index (κ3) is 9.28. The van der Waals surface area contributed by atoms with Gasteiger partial charge in [0.05, 0.1) is 22.7 Å². The molecule has 15 heteroatoms. The number of ether oxygens (including phenoxy) is 2. The van der Waals surface area contributed by atoms with Gasteiger partial charge >= 0.3 is 6.09 Å². The van der Waals surface area contributed by atoms with Crippen LogP contribution in [0.4, 0.5) is 29.6 Å². The van der Waals surface area contributed by atoms with Crippen LogP contribution in [0.2, 0.25) is 0 Å². The van der Waals surface area contributed by atoms with E-state index in [1.54, 1.807) is 42.3 Å². The second-order valence-electron chi connectivity index (χ2n) is 13.1. The number of nitrogens with one attached hydrogen (secondary N) is 2. The van der Waals surface area contributed by atoms with Crippen LogP contribution in [0.3, 0.4) is 0 Å². The number of fused-ring (bicyclic) bond motifs is 1. The number of amides is 1. The van der Waals surface area contributed by atoms with Crippen LogP contribution in [-0.4, -0.2) is 70.8 Å². The molecule has 2 N–H and O–H groups in total. The minimum absolute atomic E-state index is 0.107. The number of rotatable bonds is 10. The zero-order valence-corrected chi connectivity index (χ0v) is 28.7. The molecule has 0 saturated carbocycles. The largest absolute Gasteiger partial charge is 0.444 e. The Morgan fingerprint density at radius 1 is 1.04 bits per heavy atom. The second-order valence-corrected chi connectivity index (χ2v) is 14.9. The normalized spacial score (nSPS) is 15.6. The lowest BCUT2D eigenvalue weighted by Gasteiger charge is -2.34. The third-order valence-corrected chi connectivity index (χ3v) is 8.93. The Kier molecular flexibility index (Phi) is 10.2. The molecule has 1 aliphatic rings. The summed E-state index contributed by atoms with van der Waals surface area (Å²) < 4.78 is 81.1. The lowest BCUT2D eigenvalue weighted by Crippen LogP contribution is -2.47. The standard InChI is InChI=1S/C34H39F3N6O5S/c1-21-10-11-23-24(12-13-26(35)28(23)42-49(45,46)19-15-34(5,36)37)29(21)47-30-25(9-6-16-38-30)27-14-17-39-31(41-27)40-22-8-7-18-43(20-22)32(44)48-33(2,3)4/h6,9-14,16-17,22,42H,7-8,15,18-20H2,1-5H3,(H,39,40,41). The summed E-state index contributed by atoms with van der Waals surface area (Å²) in [6, 6.07) is 10.8. The maximum absolute atomic E-state index is 15.0. The fourth-order valence-corrected chi connectivity index (χ4v) is 6.58. The molecule has 3 heterocycles. The van der Waals surface area contributed by atoms with Gasteiger partial charge in [-0.2, -0.15) is 0 Å². The monoisotopic (exact) mass is 700 g/mol. The molecule has 1 unspecified atom stereocenters. The van der Waals surface area contributed by atoms with Crippen LogP contribution in [-0.2, 0) is 14.8 Å². The lowest BCUT2D eigenvalue weighted by molar-refractivity contribution is 0.0186. The molecule has 1 fully saturated rings. The summed E-state index contributed by atoms with van der Waals surface area (Å²) in [6.07, 6.45) is 3.42. The zero-order chi connectivity index (χ0) is 35.6. The van der Waals surface area contributed by atoms with Crippen LogP contribution >= 0.6 is 0 Å². The Hall–Kier alpha value is -4.66. The van der Waals surface area contributed by atoms with Crippen LogP contribution in [0.15, 0.2) is 54.9 Å². The van der Waals surface area contributed by atoms with Gasteiger partial charge in [-0.05, 0) is 83.4 Å². The van der Waals surface area contributed by atoms with Crippen molar-refractivity contribution in [2.24, 2.45) is 0 Å². The zero-order valence-electron chi connectivity index (χ0n) is 27.9. The molecule has 1 atom stereocenters. The third-order valence-electron chi connectivity index (χ3n) is 7.67. The van der Waals surface area contributed by atoms with Gasteiger partial charge in [0.2, 0.25) is 27.8 Å². The number of pyridine rings is 1. The predicted octanol–water partition coefficient (Wildman–Crippen LogP) is 7.53. The Morgan fingerprint density at radius 3 is 2.53 bits per heavy atom. The fraction of sp³-hybridized carbons (Fsp3) is 0.412. The molecule has 11 nitrogen and oxygen atoms in total. The van der Waals surface area contributed by atoms with Crippen molar-refractivity contribution in [3.05, 3.63) is 66.2 Å². The summed E-state index contributed by atoms with van der Waals surface area (Å²) in [4.78, 5) is 27.8. The number of anilines is 2. The minimum atomic E-state index is -4.31. The van der Waals surface area contributed by atoms with Crippen molar-refractivity contribution in [3.8, 4) is 22.9 Å². The van der Waals surface area contributed by atoms with Gasteiger partial charge in [-0.15, -0.1) is 0 Å². The van der Waals surface area contributed by atoms with Gasteiger partial charge in [0.1, 0.15) is 17.2 Å². The molecule has 49 heavy (non-hydrogen) atoms. The number of sulfonamides is 1. The number of hydrogen-bond donors (Lipinski definition) is 2. The highest BCUT2D eigenvalue weighted by atomic mass is 32.2. The first-order valence-corrected chi connectivity index (χ1v) is 17.4. The van der Waals surface area contributed by atoms with E-state index in [0.29, 0.717) is 48.2 Å². The number of halogens is 3. The summed E-state index contributed by atoms with van der Waals surface area (Å²) in [5.41, 5.74) is 0.683. The number of aromatic nitrogens is 3. The molecule has 2 aromatic heterocycles. The van der Waals surface area contributed by atoms with E-state index < -0.39 is 39.5 Å². The highest BCUT2D eigenvalue weighted by molar-refractivity contribution is 7.92. The van der Waals surface area contributed by atoms with Crippen molar-refractivity contribution < 1.29 is 35.9 Å². The van der Waals surface area contributed by atoms with E-state index in [4.69, 9.17) is 14.5 Å². The number of hydrogen-bond acceptors (Lipinski definition) is 9. The average Bonchev–Trinajstić information content (AvgIpc) is 3.02. The molecule has 262 valence electrons. The first-order valence-electron chi connectivity index (χ1n) is 15.8. The highest BCUT2D eigenvalue weighted by Gasteiger charge is 2.29. The lowest BCUT2D eigenvalue weighted by atomic mass is 10.0. The molecular formula is C34H39F3N6O5S. The Morgan fingerprint density at radius 2 is 1.80 bits per heavy atom. The molecule has 1 saturated heterocycles. The minimum Gasteiger partial charge on any atom is -0.444 e. The van der Waals surface area contributed by atoms with Crippen molar-refractivity contribution in [1.82, 2.24) is 19.9 Å². The van der Waals surface area contributed by atoms with E-state index in [1.807, 2.05) is 20.8 Å². The van der Waals surface area contributed by atoms with Gasteiger partial charge in [0.15, 0.2) is 0 Å². The van der Waals surface area contributed by atoms with Crippen LogP contribution in [0.5, 0.6) is 11.6 Å². The SMILES string of the molecule is Cc1ccc2c(NS(=O)(=O)CCC(C)(F)F)c(F)ccc2c1Oc1ncccc1-c1ccnc(NC2CCCN(C(=O)OC(C)(C)C)C2)n1. The van der Waals surface area contributed by atoms with Crippen molar-refractivity contribution in [3.63, 3.8) is 0 Å². The Balaban J connectivity index is 1.40. The first kappa shape index (κ1) is 35.6. The van der Waals surface area contributed by atoms with Gasteiger partial charge in [-0.3, -0.25) is 4.72 Å². The number of nitrogens with zero attached hydrogens (tertiary/aromatic N) is 4. The van der Waals surface area contributed by atoms with Gasteiger partial charge in [0, 0.05) is 48.7 Å². The smallest absolute Gasteiger partial charge is 0.410 e. The molecule has 0 aliphatic carbocycles. The molecule has 0 spiro atoms. The summed E-state index contributed by atoms with van der Waals surface area (Å²) in [6.45, 7) is 8.88. The molecule has 1 amide bonds. The average molecular weight is 701 g/mol. The molecule has 0 bridgehead atoms. The summed E-state index contributed by atoms with van der Waals surface area (Å²) in [7, 11) is -4.31. The molecule has 4 aromatic rings. The highest BCUT2D eigenvalue weighted by Crippen LogP contribution is 2.40. The molecular weight excluding hydrogens is 661 g/mol. The number of alkyl halides is 2. The van der Waals surface area contributed by atoms with Crippen molar-refractivity contribution >= 4 is 38.5 Å². The van der Waals surface area contributed by atoms with E-state index in [2.05, 4.69) is 20.0 Å². The van der Waals surface area contributed by atoms with Crippen molar-refractivity contribution in [2.45, 2.75) is 71.4 Å². The molecule has 5 rings (SSSR count). The van der Waals surface area contributed by atoms with E-state index in [9.17, 15) is 22.0 Å². The van der Waals surface area contributed by atoms with E-state index in [-0.39, 0.29) is 34.8 Å². The summed E-state index contributed by atoms with van der Waals surface area (Å²) in [5.74, 6) is -4.16. The molecule has 1 aliphatic heterocycles. The van der Waals surface area contributed by atoms with E-state index in [1.165, 1.54) is 18.3 Å². The molecule has 2 aromatic carbocycles.